The van der Waals surface area contributed by atoms with Gasteiger partial charge in [-0.05, 0) is 19.1 Å². The second-order valence-electron chi connectivity index (χ2n) is 4.49. The van der Waals surface area contributed by atoms with E-state index in [1.165, 1.54) is 4.57 Å². The van der Waals surface area contributed by atoms with Gasteiger partial charge in [0.1, 0.15) is 0 Å². The molecule has 0 radical (unpaired) electrons. The minimum Gasteiger partial charge on any atom is -0.368 e. The largest absolute Gasteiger partial charge is 0.368 e. The molecule has 2 aromatic rings. The number of nitrogens with zero attached hydrogens (tertiary/aromatic N) is 2. The minimum absolute atomic E-state index is 0.0536. The molecule has 0 aliphatic rings. The number of hydrogen-bond acceptors (Lipinski definition) is 5. The molecule has 2 amide bonds. The molecule has 0 unspecified atom stereocenters. The van der Waals surface area contributed by atoms with Gasteiger partial charge >= 0.3 is 0 Å². The van der Waals surface area contributed by atoms with Crippen LogP contribution in [0.15, 0.2) is 34.2 Å². The Morgan fingerprint density at radius 3 is 2.77 bits per heavy atom. The van der Waals surface area contributed by atoms with E-state index in [1.807, 2.05) is 6.92 Å². The van der Waals surface area contributed by atoms with Crippen LogP contribution in [-0.4, -0.2) is 33.7 Å². The maximum absolute atomic E-state index is 12.4. The maximum Gasteiger partial charge on any atom is 0.262 e. The maximum atomic E-state index is 12.4. The van der Waals surface area contributed by atoms with Gasteiger partial charge in [0.2, 0.25) is 11.8 Å². The van der Waals surface area contributed by atoms with E-state index in [1.54, 1.807) is 24.3 Å². The van der Waals surface area contributed by atoms with Crippen LogP contribution >= 0.6 is 11.8 Å². The number of primary amides is 1. The number of hydrogen-bond donors (Lipinski definition) is 2. The van der Waals surface area contributed by atoms with Crippen LogP contribution in [0.1, 0.15) is 6.92 Å². The summed E-state index contributed by atoms with van der Waals surface area (Å²) in [6, 6.07) is 7.08. The first kappa shape index (κ1) is 16.0. The van der Waals surface area contributed by atoms with Crippen LogP contribution in [-0.2, 0) is 16.1 Å². The molecule has 2 rings (SSSR count). The Balaban J connectivity index is 2.22. The van der Waals surface area contributed by atoms with Crippen molar-refractivity contribution in [1.29, 1.82) is 0 Å². The lowest BCUT2D eigenvalue weighted by molar-refractivity contribution is -0.123. The summed E-state index contributed by atoms with van der Waals surface area (Å²) >= 11 is 1.15. The van der Waals surface area contributed by atoms with E-state index in [-0.39, 0.29) is 23.8 Å². The molecule has 1 aromatic heterocycles. The number of thioether (sulfide) groups is 1. The highest BCUT2D eigenvalue weighted by atomic mass is 32.2. The molecule has 0 saturated heterocycles. The van der Waals surface area contributed by atoms with Crippen molar-refractivity contribution in [3.63, 3.8) is 0 Å². The van der Waals surface area contributed by atoms with Gasteiger partial charge in [-0.15, -0.1) is 0 Å². The zero-order valence-electron chi connectivity index (χ0n) is 12.0. The van der Waals surface area contributed by atoms with E-state index in [0.29, 0.717) is 22.6 Å². The fourth-order valence-corrected chi connectivity index (χ4v) is 2.80. The summed E-state index contributed by atoms with van der Waals surface area (Å²) in [4.78, 5) is 39.0. The van der Waals surface area contributed by atoms with E-state index >= 15 is 0 Å². The van der Waals surface area contributed by atoms with E-state index in [0.717, 1.165) is 11.8 Å². The Bertz CT molecular complexity index is 772. The minimum atomic E-state index is -0.604. The molecule has 8 heteroatoms. The first-order valence-electron chi connectivity index (χ1n) is 6.70. The van der Waals surface area contributed by atoms with Crippen LogP contribution in [0.25, 0.3) is 10.9 Å². The van der Waals surface area contributed by atoms with Gasteiger partial charge in [-0.1, -0.05) is 23.9 Å². The molecular formula is C14H16N4O3S. The summed E-state index contributed by atoms with van der Waals surface area (Å²) in [5, 5.41) is 3.41. The smallest absolute Gasteiger partial charge is 0.262 e. The molecule has 0 saturated carbocycles. The number of carbonyl (C=O) groups excluding carboxylic acids is 2. The quantitative estimate of drug-likeness (QED) is 0.580. The number of rotatable bonds is 6. The highest BCUT2D eigenvalue weighted by Crippen LogP contribution is 2.17. The van der Waals surface area contributed by atoms with Crippen molar-refractivity contribution < 1.29 is 9.59 Å². The molecule has 7 nitrogen and oxygen atoms in total. The molecule has 0 fully saturated rings. The Kier molecular flexibility index (Phi) is 5.16. The van der Waals surface area contributed by atoms with E-state index in [9.17, 15) is 14.4 Å². The molecule has 0 aliphatic heterocycles. The van der Waals surface area contributed by atoms with Crippen molar-refractivity contribution >= 4 is 34.5 Å². The number of para-hydroxylation sites is 1. The molecule has 0 atom stereocenters. The van der Waals surface area contributed by atoms with Crippen LogP contribution < -0.4 is 16.6 Å². The molecule has 1 aromatic carbocycles. The second-order valence-corrected chi connectivity index (χ2v) is 5.44. The standard InChI is InChI=1S/C14H16N4O3S/c1-2-18-13(21)9-5-3-4-6-10(9)17-14(18)22-8-12(20)16-7-11(15)19/h3-6H,2,7-8H2,1H3,(H2,15,19)(H,16,20). The van der Waals surface area contributed by atoms with Crippen molar-refractivity contribution in [3.8, 4) is 0 Å². The summed E-state index contributed by atoms with van der Waals surface area (Å²) in [7, 11) is 0. The summed E-state index contributed by atoms with van der Waals surface area (Å²) in [5.74, 6) is -0.889. The summed E-state index contributed by atoms with van der Waals surface area (Å²) in [6.07, 6.45) is 0. The predicted octanol–water partition coefficient (Wildman–Crippen LogP) is 0.110. The predicted molar refractivity (Wildman–Crippen MR) is 84.6 cm³/mol. The highest BCUT2D eigenvalue weighted by molar-refractivity contribution is 7.99. The number of aromatic nitrogens is 2. The normalized spacial score (nSPS) is 10.6. The molecule has 0 bridgehead atoms. The number of fused-ring (bicyclic) bond motifs is 1. The van der Waals surface area contributed by atoms with E-state index < -0.39 is 5.91 Å². The number of nitrogens with two attached hydrogens (primary N) is 1. The third-order valence-corrected chi connectivity index (χ3v) is 3.91. The average molecular weight is 320 g/mol. The van der Waals surface area contributed by atoms with Gasteiger partial charge in [0.05, 0.1) is 23.2 Å². The first-order valence-corrected chi connectivity index (χ1v) is 7.69. The molecule has 116 valence electrons. The monoisotopic (exact) mass is 320 g/mol. The van der Waals surface area contributed by atoms with E-state index in [4.69, 9.17) is 5.73 Å². The van der Waals surface area contributed by atoms with E-state index in [2.05, 4.69) is 10.3 Å². The fourth-order valence-electron chi connectivity index (χ4n) is 1.90. The van der Waals surface area contributed by atoms with Gasteiger partial charge in [-0.25, -0.2) is 4.98 Å². The van der Waals surface area contributed by atoms with Crippen LogP contribution in [0.3, 0.4) is 0 Å². The third-order valence-electron chi connectivity index (χ3n) is 2.93. The fraction of sp³-hybridized carbons (Fsp3) is 0.286. The summed E-state index contributed by atoms with van der Waals surface area (Å²) in [5.41, 5.74) is 5.42. The van der Waals surface area contributed by atoms with Gasteiger partial charge in [-0.2, -0.15) is 0 Å². The van der Waals surface area contributed by atoms with Crippen LogP contribution in [0.5, 0.6) is 0 Å². The van der Waals surface area contributed by atoms with Crippen LogP contribution in [0.4, 0.5) is 0 Å². The lowest BCUT2D eigenvalue weighted by Crippen LogP contribution is -2.34. The van der Waals surface area contributed by atoms with Gasteiger partial charge in [0, 0.05) is 6.54 Å². The van der Waals surface area contributed by atoms with Gasteiger partial charge in [0.25, 0.3) is 5.56 Å². The molecular weight excluding hydrogens is 304 g/mol. The molecule has 3 N–H and O–H groups in total. The van der Waals surface area contributed by atoms with Gasteiger partial charge < -0.3 is 11.1 Å². The number of amides is 2. The lowest BCUT2D eigenvalue weighted by atomic mass is 10.2. The first-order chi connectivity index (χ1) is 10.5. The van der Waals surface area contributed by atoms with Crippen LogP contribution in [0, 0.1) is 0 Å². The average Bonchev–Trinajstić information content (AvgIpc) is 2.51. The molecule has 0 spiro atoms. The number of nitrogens with one attached hydrogen (secondary N) is 1. The van der Waals surface area contributed by atoms with Crippen molar-refractivity contribution in [1.82, 2.24) is 14.9 Å². The Hall–Kier alpha value is -2.35. The Labute approximate surface area is 130 Å². The van der Waals surface area contributed by atoms with Crippen molar-refractivity contribution in [2.75, 3.05) is 12.3 Å². The van der Waals surface area contributed by atoms with Crippen molar-refractivity contribution in [2.45, 2.75) is 18.6 Å². The summed E-state index contributed by atoms with van der Waals surface area (Å²) in [6.45, 7) is 2.10. The molecule has 1 heterocycles. The Morgan fingerprint density at radius 2 is 2.09 bits per heavy atom. The van der Waals surface area contributed by atoms with Crippen LogP contribution in [0.2, 0.25) is 0 Å². The Morgan fingerprint density at radius 1 is 1.36 bits per heavy atom. The number of benzene rings is 1. The SMILES string of the molecule is CCn1c(SCC(=O)NCC(N)=O)nc2ccccc2c1=O. The van der Waals surface area contributed by atoms with Gasteiger partial charge in [0.15, 0.2) is 5.16 Å². The van der Waals surface area contributed by atoms with Crippen molar-refractivity contribution in [2.24, 2.45) is 5.73 Å². The highest BCUT2D eigenvalue weighted by Gasteiger charge is 2.12. The van der Waals surface area contributed by atoms with Gasteiger partial charge in [-0.3, -0.25) is 19.0 Å². The van der Waals surface area contributed by atoms with Crippen molar-refractivity contribution in [3.05, 3.63) is 34.6 Å². The zero-order valence-corrected chi connectivity index (χ0v) is 12.9. The lowest BCUT2D eigenvalue weighted by Gasteiger charge is -2.10. The molecule has 22 heavy (non-hydrogen) atoms. The third kappa shape index (κ3) is 3.64. The second kappa shape index (κ2) is 7.08. The summed E-state index contributed by atoms with van der Waals surface area (Å²) < 4.78 is 1.52. The topological polar surface area (TPSA) is 107 Å². The zero-order chi connectivity index (χ0) is 16.1. The number of carbonyl (C=O) groups is 2. The molecule has 0 aliphatic carbocycles.